The van der Waals surface area contributed by atoms with Crippen molar-refractivity contribution in [3.8, 4) is 0 Å². The van der Waals surface area contributed by atoms with Crippen LogP contribution in [0.3, 0.4) is 0 Å². The molecule has 5 heteroatoms. The van der Waals surface area contributed by atoms with E-state index in [1.54, 1.807) is 11.6 Å². The summed E-state index contributed by atoms with van der Waals surface area (Å²) in [5, 5.41) is 4.50. The van der Waals surface area contributed by atoms with Crippen LogP contribution in [-0.2, 0) is 4.74 Å². The lowest BCUT2D eigenvalue weighted by Gasteiger charge is -2.25. The van der Waals surface area contributed by atoms with Gasteiger partial charge in [0, 0.05) is 13.2 Å². The molecule has 1 rings (SSSR count). The Bertz CT molecular complexity index is 409. The van der Waals surface area contributed by atoms with E-state index in [0.717, 1.165) is 0 Å². The summed E-state index contributed by atoms with van der Waals surface area (Å²) in [6.45, 7) is 7.58. The number of carbonyl (C=O) groups excluding carboxylic acids is 1. The van der Waals surface area contributed by atoms with Crippen LogP contribution in [0.15, 0.2) is 6.20 Å². The second-order valence-corrected chi connectivity index (χ2v) is 4.90. The van der Waals surface area contributed by atoms with Crippen LogP contribution in [0, 0.1) is 0 Å². The van der Waals surface area contributed by atoms with E-state index in [0.29, 0.717) is 17.1 Å². The number of carbonyl (C=O) groups is 1. The first-order chi connectivity index (χ1) is 7.87. The van der Waals surface area contributed by atoms with E-state index in [9.17, 15) is 4.79 Å². The van der Waals surface area contributed by atoms with Crippen LogP contribution in [0.25, 0.3) is 0 Å². The van der Waals surface area contributed by atoms with Crippen molar-refractivity contribution < 1.29 is 9.53 Å². The van der Waals surface area contributed by atoms with Gasteiger partial charge in [-0.1, -0.05) is 18.5 Å². The molecule has 1 heterocycles. The maximum Gasteiger partial charge on any atom is 0.213 e. The minimum absolute atomic E-state index is 0.0828. The summed E-state index contributed by atoms with van der Waals surface area (Å²) in [5.74, 6) is -0.126. The highest BCUT2D eigenvalue weighted by Gasteiger charge is 2.36. The van der Waals surface area contributed by atoms with Gasteiger partial charge in [0.05, 0.1) is 11.2 Å². The highest BCUT2D eigenvalue weighted by Crippen LogP contribution is 2.27. The highest BCUT2D eigenvalue weighted by molar-refractivity contribution is 6.34. The maximum absolute atomic E-state index is 12.5. The maximum atomic E-state index is 12.5. The molecule has 4 nitrogen and oxygen atoms in total. The molecule has 0 saturated carbocycles. The molecule has 0 aliphatic heterocycles. The molecule has 1 atom stereocenters. The number of hydrogen-bond donors (Lipinski definition) is 0. The van der Waals surface area contributed by atoms with Crippen LogP contribution in [-0.4, -0.2) is 28.3 Å². The number of methoxy groups -OCH3 is 1. The largest absolute Gasteiger partial charge is 0.370 e. The standard InChI is InChI=1S/C12H19ClN2O2/c1-6-12(4,17-5)11(16)10-9(13)7-14-15(10)8(2)3/h7-8H,6H2,1-5H3. The van der Waals surface area contributed by atoms with Gasteiger partial charge in [-0.2, -0.15) is 5.10 Å². The molecule has 1 aromatic heterocycles. The second kappa shape index (κ2) is 5.19. The Kier molecular flexibility index (Phi) is 4.33. The molecule has 96 valence electrons. The summed E-state index contributed by atoms with van der Waals surface area (Å²) in [6, 6.07) is 0.0828. The highest BCUT2D eigenvalue weighted by atomic mass is 35.5. The summed E-state index contributed by atoms with van der Waals surface area (Å²) in [5.41, 5.74) is -0.427. The van der Waals surface area contributed by atoms with Crippen molar-refractivity contribution in [1.29, 1.82) is 0 Å². The van der Waals surface area contributed by atoms with Crippen molar-refractivity contribution in [2.24, 2.45) is 0 Å². The lowest BCUT2D eigenvalue weighted by atomic mass is 9.95. The number of ketones is 1. The molecule has 17 heavy (non-hydrogen) atoms. The van der Waals surface area contributed by atoms with Gasteiger partial charge in [-0.05, 0) is 27.2 Å². The van der Waals surface area contributed by atoms with Crippen molar-refractivity contribution in [1.82, 2.24) is 9.78 Å². The van der Waals surface area contributed by atoms with E-state index in [2.05, 4.69) is 5.10 Å². The Balaban J connectivity index is 3.24. The van der Waals surface area contributed by atoms with Crippen molar-refractivity contribution in [3.05, 3.63) is 16.9 Å². The number of rotatable bonds is 5. The minimum Gasteiger partial charge on any atom is -0.370 e. The average molecular weight is 259 g/mol. The van der Waals surface area contributed by atoms with Crippen molar-refractivity contribution in [2.45, 2.75) is 45.8 Å². The normalized spacial score (nSPS) is 15.0. The Labute approximate surface area is 107 Å². The smallest absolute Gasteiger partial charge is 0.213 e. The fraction of sp³-hybridized carbons (Fsp3) is 0.667. The van der Waals surface area contributed by atoms with E-state index in [1.165, 1.54) is 13.3 Å². The Morgan fingerprint density at radius 3 is 2.65 bits per heavy atom. The van der Waals surface area contributed by atoms with E-state index >= 15 is 0 Å². The second-order valence-electron chi connectivity index (χ2n) is 4.50. The van der Waals surface area contributed by atoms with E-state index in [4.69, 9.17) is 16.3 Å². The molecule has 0 spiro atoms. The molecule has 0 aliphatic rings. The van der Waals surface area contributed by atoms with Crippen LogP contribution in [0.5, 0.6) is 0 Å². The third-order valence-corrected chi connectivity index (χ3v) is 3.34. The zero-order valence-corrected chi connectivity index (χ0v) is 11.7. The molecule has 0 radical (unpaired) electrons. The molecule has 0 N–H and O–H groups in total. The van der Waals surface area contributed by atoms with Gasteiger partial charge in [0.2, 0.25) is 5.78 Å². The molecule has 0 saturated heterocycles. The summed E-state index contributed by atoms with van der Waals surface area (Å²) in [7, 11) is 1.53. The van der Waals surface area contributed by atoms with E-state index in [-0.39, 0.29) is 11.8 Å². The van der Waals surface area contributed by atoms with E-state index in [1.807, 2.05) is 20.8 Å². The van der Waals surface area contributed by atoms with Crippen molar-refractivity contribution in [2.75, 3.05) is 7.11 Å². The van der Waals surface area contributed by atoms with Crippen LogP contribution in [0.1, 0.15) is 50.6 Å². The number of Topliss-reactive ketones (excluding diaryl/α,β-unsaturated/α-hetero) is 1. The quantitative estimate of drug-likeness (QED) is 0.763. The number of hydrogen-bond acceptors (Lipinski definition) is 3. The van der Waals surface area contributed by atoms with Crippen LogP contribution < -0.4 is 0 Å². The van der Waals surface area contributed by atoms with Gasteiger partial charge in [0.15, 0.2) is 0 Å². The zero-order chi connectivity index (χ0) is 13.2. The predicted octanol–water partition coefficient (Wildman–Crippen LogP) is 3.12. The predicted molar refractivity (Wildman–Crippen MR) is 67.7 cm³/mol. The van der Waals surface area contributed by atoms with Gasteiger partial charge in [-0.15, -0.1) is 0 Å². The number of ether oxygens (including phenoxy) is 1. The van der Waals surface area contributed by atoms with Gasteiger partial charge >= 0.3 is 0 Å². The lowest BCUT2D eigenvalue weighted by Crippen LogP contribution is -2.38. The molecule has 0 aromatic carbocycles. The summed E-state index contributed by atoms with van der Waals surface area (Å²) < 4.78 is 6.95. The molecule has 1 unspecified atom stereocenters. The van der Waals surface area contributed by atoms with Gasteiger partial charge in [0.1, 0.15) is 11.3 Å². The first kappa shape index (κ1) is 14.2. The molecule has 0 amide bonds. The first-order valence-electron chi connectivity index (χ1n) is 5.70. The van der Waals surface area contributed by atoms with Gasteiger partial charge in [-0.3, -0.25) is 9.48 Å². The topological polar surface area (TPSA) is 44.1 Å². The minimum atomic E-state index is -0.851. The number of nitrogens with zero attached hydrogens (tertiary/aromatic N) is 2. The van der Waals surface area contributed by atoms with Gasteiger partial charge in [-0.25, -0.2) is 0 Å². The van der Waals surface area contributed by atoms with Gasteiger partial charge in [0.25, 0.3) is 0 Å². The van der Waals surface area contributed by atoms with Crippen molar-refractivity contribution >= 4 is 17.4 Å². The Hall–Kier alpha value is -0.870. The number of aromatic nitrogens is 2. The SMILES string of the molecule is CCC(C)(OC)C(=O)c1c(Cl)cnn1C(C)C. The van der Waals surface area contributed by atoms with Crippen LogP contribution in [0.2, 0.25) is 5.02 Å². The molecule has 0 bridgehead atoms. The molecular formula is C12H19ClN2O2. The Morgan fingerprint density at radius 2 is 2.24 bits per heavy atom. The monoisotopic (exact) mass is 258 g/mol. The summed E-state index contributed by atoms with van der Waals surface area (Å²) >= 11 is 6.04. The molecular weight excluding hydrogens is 240 g/mol. The molecule has 0 fully saturated rings. The third-order valence-electron chi connectivity index (χ3n) is 3.06. The zero-order valence-electron chi connectivity index (χ0n) is 11.0. The molecule has 0 aliphatic carbocycles. The van der Waals surface area contributed by atoms with Crippen molar-refractivity contribution in [3.63, 3.8) is 0 Å². The summed E-state index contributed by atoms with van der Waals surface area (Å²) in [6.07, 6.45) is 2.09. The Morgan fingerprint density at radius 1 is 1.65 bits per heavy atom. The van der Waals surface area contributed by atoms with Crippen LogP contribution in [0.4, 0.5) is 0 Å². The lowest BCUT2D eigenvalue weighted by molar-refractivity contribution is 0.00960. The average Bonchev–Trinajstić information content (AvgIpc) is 2.69. The van der Waals surface area contributed by atoms with E-state index < -0.39 is 5.60 Å². The summed E-state index contributed by atoms with van der Waals surface area (Å²) in [4.78, 5) is 12.5. The first-order valence-corrected chi connectivity index (χ1v) is 6.08. The number of halogens is 1. The van der Waals surface area contributed by atoms with Crippen LogP contribution >= 0.6 is 11.6 Å². The third kappa shape index (κ3) is 2.53. The fourth-order valence-corrected chi connectivity index (χ4v) is 1.81. The molecule has 1 aromatic rings. The fourth-order valence-electron chi connectivity index (χ4n) is 1.59. The van der Waals surface area contributed by atoms with Gasteiger partial charge < -0.3 is 4.74 Å².